The molecule has 4 atom stereocenters. The summed E-state index contributed by atoms with van der Waals surface area (Å²) in [5, 5.41) is 43.5. The average Bonchev–Trinajstić information content (AvgIpc) is 3.07. The standard InChI is InChI=1S/C42H85NO5/c1-4-5-6-7-8-9-18-22-25-28-31-34-39(45)41(47)38(36-44)43-42(48)40(46)35-32-29-26-23-20-17-15-13-11-10-12-14-16-19-21-24-27-30-33-37(2)3/h37-41,44-47H,4-36H2,1-3H3,(H,43,48). The van der Waals surface area contributed by atoms with E-state index in [2.05, 4.69) is 26.1 Å². The molecule has 0 aromatic heterocycles. The van der Waals surface area contributed by atoms with Gasteiger partial charge in [0, 0.05) is 0 Å². The SMILES string of the molecule is CCCCCCCCCCCCCC(O)C(O)C(CO)NC(=O)C(O)CCCCCCCCCCCCCCCCCCCCC(C)C. The van der Waals surface area contributed by atoms with Crippen molar-refractivity contribution in [3.8, 4) is 0 Å². The van der Waals surface area contributed by atoms with E-state index >= 15 is 0 Å². The third-order valence-corrected chi connectivity index (χ3v) is 10.2. The number of carbonyl (C=O) groups is 1. The maximum Gasteiger partial charge on any atom is 0.249 e. The Kier molecular flexibility index (Phi) is 35.6. The van der Waals surface area contributed by atoms with Crippen LogP contribution in [-0.4, -0.2) is 57.3 Å². The molecule has 6 nitrogen and oxygen atoms in total. The van der Waals surface area contributed by atoms with Gasteiger partial charge in [0.05, 0.1) is 18.8 Å². The zero-order valence-electron chi connectivity index (χ0n) is 32.4. The van der Waals surface area contributed by atoms with E-state index in [-0.39, 0.29) is 0 Å². The molecule has 0 saturated heterocycles. The Morgan fingerprint density at radius 3 is 1.12 bits per heavy atom. The number of carbonyl (C=O) groups excluding carboxylic acids is 1. The third-order valence-electron chi connectivity index (χ3n) is 10.2. The summed E-state index contributed by atoms with van der Waals surface area (Å²) in [4.78, 5) is 12.5. The highest BCUT2D eigenvalue weighted by Crippen LogP contribution is 2.17. The van der Waals surface area contributed by atoms with Crippen molar-refractivity contribution >= 4 is 5.91 Å². The quantitative estimate of drug-likeness (QED) is 0.0416. The van der Waals surface area contributed by atoms with Crippen LogP contribution in [0.4, 0.5) is 0 Å². The summed E-state index contributed by atoms with van der Waals surface area (Å²) in [5.74, 6) is 0.277. The molecule has 0 fully saturated rings. The van der Waals surface area contributed by atoms with Crippen LogP contribution < -0.4 is 5.32 Å². The largest absolute Gasteiger partial charge is 0.394 e. The highest BCUT2D eigenvalue weighted by molar-refractivity contribution is 5.80. The molecule has 0 bridgehead atoms. The Morgan fingerprint density at radius 2 is 0.792 bits per heavy atom. The molecule has 0 saturated carbocycles. The van der Waals surface area contributed by atoms with Gasteiger partial charge in [0.25, 0.3) is 0 Å². The molecular formula is C42H85NO5. The molecule has 1 amide bonds. The van der Waals surface area contributed by atoms with Crippen molar-refractivity contribution in [3.05, 3.63) is 0 Å². The first kappa shape index (κ1) is 47.3. The number of hydrogen-bond acceptors (Lipinski definition) is 5. The lowest BCUT2D eigenvalue weighted by molar-refractivity contribution is -0.132. The first-order valence-corrected chi connectivity index (χ1v) is 21.3. The molecule has 0 aliphatic rings. The molecule has 0 spiro atoms. The van der Waals surface area contributed by atoms with Crippen LogP contribution in [0.25, 0.3) is 0 Å². The topological polar surface area (TPSA) is 110 Å². The summed E-state index contributed by atoms with van der Waals surface area (Å²) in [6, 6.07) is -0.978. The predicted molar refractivity (Wildman–Crippen MR) is 205 cm³/mol. The van der Waals surface area contributed by atoms with Crippen LogP contribution in [0.1, 0.15) is 226 Å². The summed E-state index contributed by atoms with van der Waals surface area (Å²) in [5.41, 5.74) is 0. The van der Waals surface area contributed by atoms with Crippen LogP contribution in [0.3, 0.4) is 0 Å². The summed E-state index contributed by atoms with van der Waals surface area (Å²) < 4.78 is 0. The Balaban J connectivity index is 3.67. The van der Waals surface area contributed by atoms with Gasteiger partial charge in [0.1, 0.15) is 12.2 Å². The van der Waals surface area contributed by atoms with Crippen LogP contribution >= 0.6 is 0 Å². The zero-order valence-corrected chi connectivity index (χ0v) is 32.4. The fourth-order valence-corrected chi connectivity index (χ4v) is 6.82. The van der Waals surface area contributed by atoms with Gasteiger partial charge in [-0.15, -0.1) is 0 Å². The average molecular weight is 684 g/mol. The normalized spacial score (nSPS) is 14.3. The van der Waals surface area contributed by atoms with Crippen LogP contribution in [0, 0.1) is 5.92 Å². The Labute approximate surface area is 299 Å². The molecule has 0 aliphatic heterocycles. The Morgan fingerprint density at radius 1 is 0.479 bits per heavy atom. The second-order valence-corrected chi connectivity index (χ2v) is 15.5. The third kappa shape index (κ3) is 31.3. The number of amides is 1. The van der Waals surface area contributed by atoms with Gasteiger partial charge < -0.3 is 25.7 Å². The lowest BCUT2D eigenvalue weighted by atomic mass is 9.99. The minimum atomic E-state index is -1.25. The van der Waals surface area contributed by atoms with Crippen LogP contribution in [0.15, 0.2) is 0 Å². The van der Waals surface area contributed by atoms with Crippen LogP contribution in [0.2, 0.25) is 0 Å². The van der Waals surface area contributed by atoms with Gasteiger partial charge >= 0.3 is 0 Å². The molecule has 0 aromatic rings. The van der Waals surface area contributed by atoms with Gasteiger partial charge in [-0.25, -0.2) is 0 Å². The van der Waals surface area contributed by atoms with Gasteiger partial charge in [-0.1, -0.05) is 213 Å². The summed E-state index contributed by atoms with van der Waals surface area (Å²) in [6.45, 7) is 6.41. The van der Waals surface area contributed by atoms with E-state index in [0.29, 0.717) is 12.8 Å². The highest BCUT2D eigenvalue weighted by Gasteiger charge is 2.28. The van der Waals surface area contributed by atoms with E-state index in [1.165, 1.54) is 154 Å². The van der Waals surface area contributed by atoms with E-state index in [1.54, 1.807) is 0 Å². The first-order valence-electron chi connectivity index (χ1n) is 21.3. The van der Waals surface area contributed by atoms with Crippen molar-refractivity contribution in [2.45, 2.75) is 251 Å². The number of hydrogen-bond donors (Lipinski definition) is 5. The number of aliphatic hydroxyl groups is 4. The van der Waals surface area contributed by atoms with Crippen molar-refractivity contribution in [2.24, 2.45) is 5.92 Å². The molecule has 0 radical (unpaired) electrons. The van der Waals surface area contributed by atoms with Crippen LogP contribution in [0.5, 0.6) is 0 Å². The zero-order chi connectivity index (χ0) is 35.5. The van der Waals surface area contributed by atoms with E-state index in [9.17, 15) is 25.2 Å². The number of nitrogens with one attached hydrogen (secondary N) is 1. The number of aliphatic hydroxyl groups excluding tert-OH is 4. The van der Waals surface area contributed by atoms with E-state index in [1.807, 2.05) is 0 Å². The van der Waals surface area contributed by atoms with Crippen molar-refractivity contribution in [1.82, 2.24) is 5.32 Å². The van der Waals surface area contributed by atoms with Gasteiger partial charge in [0.2, 0.25) is 5.91 Å². The fraction of sp³-hybridized carbons (Fsp3) is 0.976. The molecule has 6 heteroatoms. The van der Waals surface area contributed by atoms with E-state index < -0.39 is 36.9 Å². The van der Waals surface area contributed by atoms with Gasteiger partial charge in [-0.05, 0) is 18.8 Å². The van der Waals surface area contributed by atoms with Crippen molar-refractivity contribution in [1.29, 1.82) is 0 Å². The van der Waals surface area contributed by atoms with E-state index in [0.717, 1.165) is 44.4 Å². The van der Waals surface area contributed by atoms with Gasteiger partial charge in [-0.3, -0.25) is 4.79 Å². The lowest BCUT2D eigenvalue weighted by Crippen LogP contribution is -2.53. The predicted octanol–water partition coefficient (Wildman–Crippen LogP) is 10.7. The van der Waals surface area contributed by atoms with E-state index in [4.69, 9.17) is 0 Å². The van der Waals surface area contributed by atoms with Crippen molar-refractivity contribution < 1.29 is 25.2 Å². The summed E-state index contributed by atoms with van der Waals surface area (Å²) in [6.07, 6.45) is 35.6. The molecule has 288 valence electrons. The molecule has 4 unspecified atom stereocenters. The summed E-state index contributed by atoms with van der Waals surface area (Å²) >= 11 is 0. The maximum atomic E-state index is 12.5. The molecule has 0 aromatic carbocycles. The molecular weight excluding hydrogens is 598 g/mol. The van der Waals surface area contributed by atoms with Gasteiger partial charge in [0.15, 0.2) is 0 Å². The maximum absolute atomic E-state index is 12.5. The lowest BCUT2D eigenvalue weighted by Gasteiger charge is -2.27. The smallest absolute Gasteiger partial charge is 0.249 e. The molecule has 5 N–H and O–H groups in total. The second kappa shape index (κ2) is 36.1. The van der Waals surface area contributed by atoms with Gasteiger partial charge in [-0.2, -0.15) is 0 Å². The second-order valence-electron chi connectivity index (χ2n) is 15.5. The molecule has 48 heavy (non-hydrogen) atoms. The Bertz CT molecular complexity index is 660. The molecule has 0 aliphatic carbocycles. The number of unbranched alkanes of at least 4 members (excludes halogenated alkanes) is 27. The fourth-order valence-electron chi connectivity index (χ4n) is 6.82. The first-order chi connectivity index (χ1) is 23.3. The highest BCUT2D eigenvalue weighted by atomic mass is 16.3. The minimum absolute atomic E-state index is 0.375. The molecule has 0 rings (SSSR count). The summed E-state index contributed by atoms with van der Waals surface area (Å²) in [7, 11) is 0. The van der Waals surface area contributed by atoms with Crippen LogP contribution in [-0.2, 0) is 4.79 Å². The van der Waals surface area contributed by atoms with Crippen molar-refractivity contribution in [2.75, 3.05) is 6.61 Å². The minimum Gasteiger partial charge on any atom is -0.394 e. The molecule has 0 heterocycles. The van der Waals surface area contributed by atoms with Crippen molar-refractivity contribution in [3.63, 3.8) is 0 Å². The monoisotopic (exact) mass is 684 g/mol. The Hall–Kier alpha value is -0.690. The number of rotatable bonds is 38.